The van der Waals surface area contributed by atoms with Crippen molar-refractivity contribution in [2.45, 2.75) is 126 Å². The Bertz CT molecular complexity index is 4680. The van der Waals surface area contributed by atoms with Crippen molar-refractivity contribution in [1.82, 2.24) is 0 Å². The van der Waals surface area contributed by atoms with Crippen LogP contribution < -0.4 is 14.7 Å². The van der Waals surface area contributed by atoms with Gasteiger partial charge in [-0.05, 0) is 192 Å². The third kappa shape index (κ3) is 20.9. The maximum absolute atomic E-state index is 10.4. The molecule has 8 rings (SSSR count). The Morgan fingerprint density at radius 2 is 0.962 bits per heavy atom. The van der Waals surface area contributed by atoms with E-state index in [9.17, 15) is 15.8 Å². The number of hydrogen-bond acceptors (Lipinski definition) is 8. The van der Waals surface area contributed by atoms with Crippen LogP contribution in [0.15, 0.2) is 227 Å². The number of aliphatic imine (C=N–C) groups is 2. The highest BCUT2D eigenvalue weighted by Crippen LogP contribution is 2.37. The van der Waals surface area contributed by atoms with Gasteiger partial charge in [-0.2, -0.15) is 5.26 Å². The van der Waals surface area contributed by atoms with Gasteiger partial charge in [-0.15, -0.1) is 4.99 Å². The summed E-state index contributed by atoms with van der Waals surface area (Å²) in [5, 5.41) is 31.4. The summed E-state index contributed by atoms with van der Waals surface area (Å²) >= 11 is 12.4. The number of amidine groups is 1. The number of hydrogen-bond donors (Lipinski definition) is 0. The van der Waals surface area contributed by atoms with Gasteiger partial charge in [0.1, 0.15) is 24.9 Å². The summed E-state index contributed by atoms with van der Waals surface area (Å²) in [6, 6.07) is 58.3. The fourth-order valence-corrected chi connectivity index (χ4v) is 12.7. The molecule has 104 heavy (non-hydrogen) atoms. The molecule has 0 spiro atoms. The Hall–Kier alpha value is -11.4. The molecule has 0 radical (unpaired) electrons. The first-order valence-corrected chi connectivity index (χ1v) is 36.9. The Balaban J connectivity index is 1.18. The van der Waals surface area contributed by atoms with Crippen LogP contribution in [-0.2, 0) is 6.54 Å². The number of unbranched alkanes of at least 4 members (excludes halogenated alkanes) is 4. The Morgan fingerprint density at radius 1 is 0.481 bits per heavy atom. The van der Waals surface area contributed by atoms with Gasteiger partial charge in [0.15, 0.2) is 11.4 Å². The van der Waals surface area contributed by atoms with Crippen molar-refractivity contribution in [3.63, 3.8) is 0 Å². The molecule has 0 bridgehead atoms. The molecule has 7 aromatic carbocycles. The zero-order chi connectivity index (χ0) is 74.3. The van der Waals surface area contributed by atoms with E-state index < -0.39 is 0 Å². The lowest BCUT2D eigenvalue weighted by molar-refractivity contribution is -0.527. The summed E-state index contributed by atoms with van der Waals surface area (Å²) in [6.07, 6.45) is 26.6. The number of allylic oxidation sites excluding steroid dienone is 12. The van der Waals surface area contributed by atoms with Gasteiger partial charge in [0.2, 0.25) is 0 Å². The normalized spacial score (nSPS) is 12.7. The quantitative estimate of drug-likeness (QED) is 0.0101. The minimum atomic E-state index is -0.228. The molecule has 0 aromatic heterocycles. The van der Waals surface area contributed by atoms with Crippen molar-refractivity contribution in [3.05, 3.63) is 306 Å². The van der Waals surface area contributed by atoms with Crippen LogP contribution >= 0.6 is 23.2 Å². The van der Waals surface area contributed by atoms with Crippen molar-refractivity contribution in [2.75, 3.05) is 54.0 Å². The SMILES string of the molecule is [C-]#[N+]C(=Nc1ccc(N(CCC)c2ccc(/C(=C/C=C/C(=C3C=CC(=[N+](CCCC)CCCC)C=C3)c3ccc(CN(CCC)c4ccc(N=C(C#N)/C(=C(/C#N)[N+]#[C-])c5ccc(Cl)cc5)c(C)c4)cc3)c3ccc(N(CCCC)CCCC)cc3)cc2)cc1C)/C(=C(\C#N)[N+]#[C-])c1ccc(Cl)cc1. The number of nitriles is 3. The van der Waals surface area contributed by atoms with Crippen LogP contribution in [0, 0.1) is 67.6 Å². The molecule has 0 fully saturated rings. The van der Waals surface area contributed by atoms with Crippen molar-refractivity contribution in [2.24, 2.45) is 9.98 Å². The number of aryl methyl sites for hydroxylation is 2. The van der Waals surface area contributed by atoms with E-state index in [-0.39, 0.29) is 34.1 Å². The molecule has 7 aromatic rings. The van der Waals surface area contributed by atoms with Gasteiger partial charge in [0, 0.05) is 107 Å². The molecular formula is C90H91Cl2N12+. The molecule has 524 valence electrons. The summed E-state index contributed by atoms with van der Waals surface area (Å²) < 4.78 is 2.53. The molecule has 0 N–H and O–H groups in total. The second-order valence-electron chi connectivity index (χ2n) is 25.6. The molecule has 0 saturated heterocycles. The number of anilines is 4. The van der Waals surface area contributed by atoms with Crippen LogP contribution in [0.5, 0.6) is 0 Å². The first kappa shape index (κ1) is 78.4. The van der Waals surface area contributed by atoms with E-state index in [1.807, 2.05) is 50.3 Å². The number of benzene rings is 7. The van der Waals surface area contributed by atoms with Crippen molar-refractivity contribution in [1.29, 1.82) is 15.8 Å². The molecule has 1 aliphatic carbocycles. The summed E-state index contributed by atoms with van der Waals surface area (Å²) in [6.45, 7) is 47.2. The summed E-state index contributed by atoms with van der Waals surface area (Å²) in [4.78, 5) is 27.4. The van der Waals surface area contributed by atoms with E-state index >= 15 is 0 Å². The smallest absolute Gasteiger partial charge is 0.272 e. The van der Waals surface area contributed by atoms with Gasteiger partial charge in [0.25, 0.3) is 17.2 Å². The standard InChI is InChI=1S/C90H91Cl2N12/c1-12-18-55-101(56-19-13-2)76-43-33-69(34-44-76)81(68-27-25-67(26-28-68)64-103(53-16-5)79-49-51-83(65(7)59-79)99-87(63-95)88(85(61-93)96-9)72-29-39-74(91)40-30-72)23-22-24-82(70-35-45-77(46-36-70)102(57-20-14-3)58-21-15-4)71-37-47-78(48-38-71)104(54-17-6)80-50-52-84(66(8)60-80)100-90(98-11)89(86(62-94)97-10)73-31-41-75(92)42-32-73/h22-52,59-60H,12-21,53-58,64H2,1-8H3/q+1/b88-85-,89-86+,99-87?,100-90?. The first-order valence-electron chi connectivity index (χ1n) is 36.1. The summed E-state index contributed by atoms with van der Waals surface area (Å²) in [7, 11) is 0. The highest BCUT2D eigenvalue weighted by atomic mass is 35.5. The molecule has 12 nitrogen and oxygen atoms in total. The van der Waals surface area contributed by atoms with Crippen LogP contribution in [0.1, 0.15) is 150 Å². The first-order chi connectivity index (χ1) is 50.7. The van der Waals surface area contributed by atoms with Crippen LogP contribution in [0.4, 0.5) is 34.1 Å². The Kier molecular flexibility index (Phi) is 30.4. The third-order valence-corrected chi connectivity index (χ3v) is 18.7. The van der Waals surface area contributed by atoms with Gasteiger partial charge >= 0.3 is 0 Å². The van der Waals surface area contributed by atoms with E-state index in [4.69, 9.17) is 52.9 Å². The van der Waals surface area contributed by atoms with Crippen molar-refractivity contribution < 1.29 is 4.58 Å². The van der Waals surface area contributed by atoms with Crippen LogP contribution in [-0.4, -0.2) is 61.1 Å². The molecule has 0 heterocycles. The Morgan fingerprint density at radius 3 is 1.46 bits per heavy atom. The molecule has 0 unspecified atom stereocenters. The van der Waals surface area contributed by atoms with Crippen molar-refractivity contribution in [3.8, 4) is 18.2 Å². The average molecular weight is 1410 g/mol. The molecule has 0 aliphatic heterocycles. The molecule has 1 aliphatic rings. The molecular weight excluding hydrogens is 1320 g/mol. The molecule has 0 saturated carbocycles. The summed E-state index contributed by atoms with van der Waals surface area (Å²) in [5.41, 5.74) is 16.7. The van der Waals surface area contributed by atoms with Gasteiger partial charge in [-0.25, -0.2) is 29.8 Å². The topological polar surface area (TPSA) is 122 Å². The van der Waals surface area contributed by atoms with E-state index in [2.05, 4.69) is 209 Å². The molecule has 0 atom stereocenters. The predicted octanol–water partition coefficient (Wildman–Crippen LogP) is 23.9. The average Bonchev–Trinajstić information content (AvgIpc) is 0.813. The second-order valence-corrected chi connectivity index (χ2v) is 26.5. The zero-order valence-corrected chi connectivity index (χ0v) is 62.7. The second kappa shape index (κ2) is 40.3. The van der Waals surface area contributed by atoms with Crippen LogP contribution in [0.3, 0.4) is 0 Å². The van der Waals surface area contributed by atoms with E-state index in [0.717, 1.165) is 171 Å². The minimum absolute atomic E-state index is 0.0327. The zero-order valence-electron chi connectivity index (χ0n) is 61.2. The lowest BCUT2D eigenvalue weighted by atomic mass is 9.93. The lowest BCUT2D eigenvalue weighted by Gasteiger charge is -2.26. The van der Waals surface area contributed by atoms with Crippen LogP contribution in [0.2, 0.25) is 10.0 Å². The summed E-state index contributed by atoms with van der Waals surface area (Å²) in [5.74, 6) is -0.0543. The van der Waals surface area contributed by atoms with E-state index in [1.54, 1.807) is 48.5 Å². The lowest BCUT2D eigenvalue weighted by Crippen LogP contribution is -2.25. The van der Waals surface area contributed by atoms with Crippen LogP contribution in [0.25, 0.3) is 36.8 Å². The highest BCUT2D eigenvalue weighted by Gasteiger charge is 2.22. The van der Waals surface area contributed by atoms with Gasteiger partial charge in [-0.1, -0.05) is 188 Å². The molecule has 14 heteroatoms. The maximum Gasteiger partial charge on any atom is 0.272 e. The fourth-order valence-electron chi connectivity index (χ4n) is 12.5. The highest BCUT2D eigenvalue weighted by molar-refractivity contribution is 6.34. The fraction of sp³-hybridized carbons (Fsp3) is 0.278. The number of halogens is 2. The Labute approximate surface area is 627 Å². The third-order valence-electron chi connectivity index (χ3n) is 18.2. The predicted molar refractivity (Wildman–Crippen MR) is 436 cm³/mol. The van der Waals surface area contributed by atoms with Gasteiger partial charge < -0.3 is 19.5 Å². The largest absolute Gasteiger partial charge is 0.372 e. The van der Waals surface area contributed by atoms with E-state index in [0.29, 0.717) is 39.1 Å². The monoisotopic (exact) mass is 1410 g/mol. The van der Waals surface area contributed by atoms with Gasteiger partial charge in [-0.3, -0.25) is 0 Å². The maximum atomic E-state index is 10.4. The molecule has 0 amide bonds. The minimum Gasteiger partial charge on any atom is -0.372 e. The number of rotatable bonds is 33. The van der Waals surface area contributed by atoms with Gasteiger partial charge in [0.05, 0.1) is 31.0 Å². The van der Waals surface area contributed by atoms with E-state index in [1.165, 1.54) is 11.4 Å². The number of nitrogens with zero attached hydrogens (tertiary/aromatic N) is 12. The van der Waals surface area contributed by atoms with Crippen molar-refractivity contribution >= 4 is 96.9 Å².